The summed E-state index contributed by atoms with van der Waals surface area (Å²) in [4.78, 5) is 2.33. The van der Waals surface area contributed by atoms with Gasteiger partial charge in [0, 0.05) is 19.2 Å². The second kappa shape index (κ2) is 4.94. The van der Waals surface area contributed by atoms with Crippen LogP contribution in [-0.2, 0) is 4.74 Å². The van der Waals surface area contributed by atoms with Gasteiger partial charge in [-0.15, -0.1) is 0 Å². The van der Waals surface area contributed by atoms with Crippen LogP contribution in [-0.4, -0.2) is 48.0 Å². The second-order valence-electron chi connectivity index (χ2n) is 4.07. The van der Waals surface area contributed by atoms with Crippen LogP contribution in [0.4, 0.5) is 0 Å². The predicted octanol–water partition coefficient (Wildman–Crippen LogP) is 0.866. The molecule has 0 aromatic heterocycles. The second-order valence-corrected chi connectivity index (χ2v) is 4.07. The largest absolute Gasteiger partial charge is 0.392 e. The summed E-state index contributed by atoms with van der Waals surface area (Å²) in [6.07, 6.45) is 0.766. The molecule has 0 aromatic carbocycles. The van der Waals surface area contributed by atoms with Gasteiger partial charge in [0.15, 0.2) is 0 Å². The molecule has 0 aromatic rings. The summed E-state index contributed by atoms with van der Waals surface area (Å²) in [6, 6.07) is 0.656. The molecule has 3 nitrogen and oxygen atoms in total. The van der Waals surface area contributed by atoms with Gasteiger partial charge in [-0.1, -0.05) is 0 Å². The lowest BCUT2D eigenvalue weighted by Crippen LogP contribution is -2.48. The topological polar surface area (TPSA) is 32.7 Å². The first-order chi connectivity index (χ1) is 6.13. The molecule has 3 heteroatoms. The fourth-order valence-corrected chi connectivity index (χ4v) is 1.87. The highest BCUT2D eigenvalue weighted by atomic mass is 16.5. The standard InChI is InChI=1S/C10H21NO2/c1-8(2)11-5-4-6-13-7-10(11)9(3)12/h8-10,12H,4-7H2,1-3H3. The monoisotopic (exact) mass is 187 g/mol. The number of hydrogen-bond acceptors (Lipinski definition) is 3. The molecule has 78 valence electrons. The molecule has 1 aliphatic rings. The Hall–Kier alpha value is -0.120. The van der Waals surface area contributed by atoms with Crippen molar-refractivity contribution in [2.45, 2.75) is 45.4 Å². The number of ether oxygens (including phenoxy) is 1. The van der Waals surface area contributed by atoms with Crippen molar-refractivity contribution in [2.24, 2.45) is 0 Å². The van der Waals surface area contributed by atoms with Crippen molar-refractivity contribution in [1.82, 2.24) is 4.90 Å². The van der Waals surface area contributed by atoms with Crippen LogP contribution in [0.1, 0.15) is 27.2 Å². The van der Waals surface area contributed by atoms with E-state index in [-0.39, 0.29) is 12.1 Å². The van der Waals surface area contributed by atoms with E-state index in [9.17, 15) is 5.11 Å². The number of rotatable bonds is 2. The SMILES string of the molecule is CC(O)C1COCCCN1C(C)C. The molecule has 13 heavy (non-hydrogen) atoms. The quantitative estimate of drug-likeness (QED) is 0.696. The van der Waals surface area contributed by atoms with Gasteiger partial charge in [0.05, 0.1) is 18.8 Å². The molecule has 1 heterocycles. The summed E-state index contributed by atoms with van der Waals surface area (Å²) in [5.41, 5.74) is 0. The molecule has 0 radical (unpaired) electrons. The van der Waals surface area contributed by atoms with Crippen LogP contribution in [0.2, 0.25) is 0 Å². The Labute approximate surface area is 80.7 Å². The third-order valence-corrected chi connectivity index (χ3v) is 2.64. The van der Waals surface area contributed by atoms with Gasteiger partial charge in [-0.3, -0.25) is 4.90 Å². The molecule has 1 N–H and O–H groups in total. The van der Waals surface area contributed by atoms with E-state index in [1.54, 1.807) is 0 Å². The Kier molecular flexibility index (Phi) is 4.16. The molecule has 1 rings (SSSR count). The molecular weight excluding hydrogens is 166 g/mol. The number of aliphatic hydroxyl groups excluding tert-OH is 1. The predicted molar refractivity (Wildman–Crippen MR) is 52.7 cm³/mol. The lowest BCUT2D eigenvalue weighted by molar-refractivity contribution is 0.0104. The minimum Gasteiger partial charge on any atom is -0.392 e. The third-order valence-electron chi connectivity index (χ3n) is 2.64. The molecule has 1 fully saturated rings. The van der Waals surface area contributed by atoms with Crippen molar-refractivity contribution in [2.75, 3.05) is 19.8 Å². The van der Waals surface area contributed by atoms with E-state index in [1.165, 1.54) is 0 Å². The fourth-order valence-electron chi connectivity index (χ4n) is 1.87. The van der Waals surface area contributed by atoms with E-state index in [0.717, 1.165) is 19.6 Å². The highest BCUT2D eigenvalue weighted by molar-refractivity contribution is 4.80. The van der Waals surface area contributed by atoms with Gasteiger partial charge in [-0.25, -0.2) is 0 Å². The third kappa shape index (κ3) is 2.93. The van der Waals surface area contributed by atoms with Crippen molar-refractivity contribution >= 4 is 0 Å². The maximum Gasteiger partial charge on any atom is 0.0689 e. The minimum absolute atomic E-state index is 0.169. The summed E-state index contributed by atoms with van der Waals surface area (Å²) < 4.78 is 5.45. The molecule has 2 unspecified atom stereocenters. The van der Waals surface area contributed by atoms with Crippen LogP contribution < -0.4 is 0 Å². The van der Waals surface area contributed by atoms with Gasteiger partial charge in [-0.05, 0) is 27.2 Å². The highest BCUT2D eigenvalue weighted by Crippen LogP contribution is 2.14. The summed E-state index contributed by atoms with van der Waals surface area (Å²) in [5.74, 6) is 0. The molecule has 0 bridgehead atoms. The van der Waals surface area contributed by atoms with Crippen LogP contribution in [0.3, 0.4) is 0 Å². The van der Waals surface area contributed by atoms with Crippen molar-refractivity contribution < 1.29 is 9.84 Å². The van der Waals surface area contributed by atoms with Crippen molar-refractivity contribution in [3.8, 4) is 0 Å². The van der Waals surface area contributed by atoms with Crippen LogP contribution in [0, 0.1) is 0 Å². The Morgan fingerprint density at radius 2 is 2.08 bits per heavy atom. The molecule has 0 aliphatic carbocycles. The molecule has 1 saturated heterocycles. The van der Waals surface area contributed by atoms with Crippen molar-refractivity contribution in [3.63, 3.8) is 0 Å². The van der Waals surface area contributed by atoms with E-state index in [0.29, 0.717) is 12.6 Å². The van der Waals surface area contributed by atoms with Crippen LogP contribution >= 0.6 is 0 Å². The molecule has 1 aliphatic heterocycles. The Balaban J connectivity index is 2.61. The number of nitrogens with zero attached hydrogens (tertiary/aromatic N) is 1. The lowest BCUT2D eigenvalue weighted by Gasteiger charge is -2.34. The lowest BCUT2D eigenvalue weighted by atomic mass is 10.1. The normalized spacial score (nSPS) is 28.8. The number of hydrogen-bond donors (Lipinski definition) is 1. The maximum atomic E-state index is 9.60. The van der Waals surface area contributed by atoms with Gasteiger partial charge in [-0.2, -0.15) is 0 Å². The average Bonchev–Trinajstić information content (AvgIpc) is 2.27. The fraction of sp³-hybridized carbons (Fsp3) is 1.00. The summed E-state index contributed by atoms with van der Waals surface area (Å²) in [5, 5.41) is 9.60. The van der Waals surface area contributed by atoms with E-state index < -0.39 is 0 Å². The first-order valence-electron chi connectivity index (χ1n) is 5.14. The smallest absolute Gasteiger partial charge is 0.0689 e. The van der Waals surface area contributed by atoms with Gasteiger partial charge in [0.1, 0.15) is 0 Å². The molecule has 2 atom stereocenters. The Morgan fingerprint density at radius 3 is 2.62 bits per heavy atom. The van der Waals surface area contributed by atoms with E-state index in [2.05, 4.69) is 18.7 Å². The average molecular weight is 187 g/mol. The minimum atomic E-state index is -0.305. The van der Waals surface area contributed by atoms with Crippen LogP contribution in [0.15, 0.2) is 0 Å². The van der Waals surface area contributed by atoms with Gasteiger partial charge < -0.3 is 9.84 Å². The summed E-state index contributed by atoms with van der Waals surface area (Å²) >= 11 is 0. The molecule has 0 saturated carbocycles. The Bertz CT molecular complexity index is 132. The summed E-state index contributed by atoms with van der Waals surface area (Å²) in [6.45, 7) is 8.70. The zero-order valence-corrected chi connectivity index (χ0v) is 8.86. The Morgan fingerprint density at radius 1 is 1.38 bits per heavy atom. The van der Waals surface area contributed by atoms with Gasteiger partial charge >= 0.3 is 0 Å². The first-order valence-corrected chi connectivity index (χ1v) is 5.14. The van der Waals surface area contributed by atoms with Crippen LogP contribution in [0.5, 0.6) is 0 Å². The van der Waals surface area contributed by atoms with Gasteiger partial charge in [0.2, 0.25) is 0 Å². The zero-order valence-electron chi connectivity index (χ0n) is 8.86. The number of aliphatic hydroxyl groups is 1. The van der Waals surface area contributed by atoms with E-state index >= 15 is 0 Å². The van der Waals surface area contributed by atoms with E-state index in [4.69, 9.17) is 4.74 Å². The molecule has 0 spiro atoms. The van der Waals surface area contributed by atoms with Crippen LogP contribution in [0.25, 0.3) is 0 Å². The van der Waals surface area contributed by atoms with Gasteiger partial charge in [0.25, 0.3) is 0 Å². The molecular formula is C10H21NO2. The highest BCUT2D eigenvalue weighted by Gasteiger charge is 2.26. The molecule has 0 amide bonds. The zero-order chi connectivity index (χ0) is 9.84. The van der Waals surface area contributed by atoms with Crippen molar-refractivity contribution in [1.29, 1.82) is 0 Å². The van der Waals surface area contributed by atoms with Crippen molar-refractivity contribution in [3.05, 3.63) is 0 Å². The maximum absolute atomic E-state index is 9.60. The first kappa shape index (κ1) is 11.0. The van der Waals surface area contributed by atoms with E-state index in [1.807, 2.05) is 6.92 Å². The summed E-state index contributed by atoms with van der Waals surface area (Å²) in [7, 11) is 0.